The number of halogens is 1. The lowest BCUT2D eigenvalue weighted by Gasteiger charge is -2.30. The number of thiophene rings is 1. The van der Waals surface area contributed by atoms with Gasteiger partial charge in [0.15, 0.2) is 15.8 Å². The lowest BCUT2D eigenvalue weighted by atomic mass is 10.1. The molecule has 2 N–H and O–H groups in total. The van der Waals surface area contributed by atoms with Crippen LogP contribution in [-0.4, -0.2) is 63.5 Å². The zero-order valence-electron chi connectivity index (χ0n) is 15.1. The maximum Gasteiger partial charge on any atom is 0.191 e. The Morgan fingerprint density at radius 2 is 2.16 bits per heavy atom. The number of nitrogens with zero attached hydrogens (tertiary/aromatic N) is 2. The van der Waals surface area contributed by atoms with Crippen molar-refractivity contribution in [1.29, 1.82) is 0 Å². The van der Waals surface area contributed by atoms with Crippen molar-refractivity contribution in [1.82, 2.24) is 15.5 Å². The van der Waals surface area contributed by atoms with E-state index < -0.39 is 9.84 Å². The summed E-state index contributed by atoms with van der Waals surface area (Å²) in [7, 11) is -1.17. The van der Waals surface area contributed by atoms with Gasteiger partial charge >= 0.3 is 0 Å². The second-order valence-corrected chi connectivity index (χ2v) is 9.00. The standard InChI is InChI=1S/C16H28N4O2S2.HI/c1-4-20(5-2)15(13-6-8-23-11-13)10-18-16(17-3)19-14-7-9-24(21,22)12-14;/h6,8,11,14-15H,4-5,7,9-10,12H2,1-3H3,(H2,17,18,19);1H. The molecule has 25 heavy (non-hydrogen) atoms. The first-order valence-electron chi connectivity index (χ1n) is 8.42. The molecule has 0 bridgehead atoms. The summed E-state index contributed by atoms with van der Waals surface area (Å²) in [6.07, 6.45) is 0.646. The van der Waals surface area contributed by atoms with Gasteiger partial charge in [0.1, 0.15) is 0 Å². The molecule has 0 amide bonds. The van der Waals surface area contributed by atoms with Gasteiger partial charge in [0, 0.05) is 19.6 Å². The Labute approximate surface area is 172 Å². The van der Waals surface area contributed by atoms with Gasteiger partial charge in [0.25, 0.3) is 0 Å². The fraction of sp³-hybridized carbons (Fsp3) is 0.688. The first-order chi connectivity index (χ1) is 11.5. The Morgan fingerprint density at radius 3 is 2.64 bits per heavy atom. The molecule has 0 spiro atoms. The molecular weight excluding hydrogens is 471 g/mol. The van der Waals surface area contributed by atoms with Crippen LogP contribution in [0.4, 0.5) is 0 Å². The summed E-state index contributed by atoms with van der Waals surface area (Å²) in [5.74, 6) is 1.13. The molecule has 6 nitrogen and oxygen atoms in total. The Kier molecular flexibility index (Phi) is 9.68. The van der Waals surface area contributed by atoms with E-state index in [0.29, 0.717) is 12.4 Å². The number of nitrogens with one attached hydrogen (secondary N) is 2. The first kappa shape index (κ1) is 22.7. The molecule has 2 heterocycles. The Bertz CT molecular complexity index is 631. The Balaban J connectivity index is 0.00000312. The molecule has 1 aliphatic rings. The normalized spacial score (nSPS) is 21.0. The highest BCUT2D eigenvalue weighted by atomic mass is 127. The molecule has 1 aromatic heterocycles. The minimum atomic E-state index is -2.89. The van der Waals surface area contributed by atoms with E-state index in [4.69, 9.17) is 0 Å². The van der Waals surface area contributed by atoms with E-state index in [0.717, 1.165) is 19.6 Å². The summed E-state index contributed by atoms with van der Waals surface area (Å²) in [5, 5.41) is 10.9. The Morgan fingerprint density at radius 1 is 1.44 bits per heavy atom. The van der Waals surface area contributed by atoms with Crippen molar-refractivity contribution >= 4 is 51.1 Å². The van der Waals surface area contributed by atoms with Gasteiger partial charge in [-0.2, -0.15) is 11.3 Å². The van der Waals surface area contributed by atoms with Crippen molar-refractivity contribution in [3.63, 3.8) is 0 Å². The molecule has 0 aromatic carbocycles. The monoisotopic (exact) mass is 500 g/mol. The maximum absolute atomic E-state index is 11.6. The first-order valence-corrected chi connectivity index (χ1v) is 11.2. The van der Waals surface area contributed by atoms with Crippen molar-refractivity contribution in [2.24, 2.45) is 4.99 Å². The molecule has 0 radical (unpaired) electrons. The number of rotatable bonds is 7. The zero-order chi connectivity index (χ0) is 17.6. The lowest BCUT2D eigenvalue weighted by Crippen LogP contribution is -2.47. The molecule has 2 rings (SSSR count). The lowest BCUT2D eigenvalue weighted by molar-refractivity contribution is 0.219. The minimum Gasteiger partial charge on any atom is -0.354 e. The third kappa shape index (κ3) is 6.69. The largest absolute Gasteiger partial charge is 0.354 e. The van der Waals surface area contributed by atoms with Gasteiger partial charge in [-0.05, 0) is 41.9 Å². The number of guanidine groups is 1. The van der Waals surface area contributed by atoms with Crippen LogP contribution in [0.3, 0.4) is 0 Å². The molecule has 2 atom stereocenters. The fourth-order valence-corrected chi connectivity index (χ4v) is 5.46. The number of hydrogen-bond donors (Lipinski definition) is 2. The van der Waals surface area contributed by atoms with Crippen molar-refractivity contribution in [3.8, 4) is 0 Å². The van der Waals surface area contributed by atoms with Gasteiger partial charge in [-0.25, -0.2) is 8.42 Å². The quantitative estimate of drug-likeness (QED) is 0.341. The highest BCUT2D eigenvalue weighted by molar-refractivity contribution is 14.0. The highest BCUT2D eigenvalue weighted by Gasteiger charge is 2.28. The summed E-state index contributed by atoms with van der Waals surface area (Å²) < 4.78 is 23.2. The van der Waals surface area contributed by atoms with Gasteiger partial charge in [-0.15, -0.1) is 24.0 Å². The number of aliphatic imine (C=N–C) groups is 1. The summed E-state index contributed by atoms with van der Waals surface area (Å²) in [5.41, 5.74) is 1.30. The van der Waals surface area contributed by atoms with Gasteiger partial charge in [-0.1, -0.05) is 13.8 Å². The molecule has 2 unspecified atom stereocenters. The molecular formula is C16H29IN4O2S2. The molecule has 1 aliphatic heterocycles. The average molecular weight is 500 g/mol. The predicted molar refractivity (Wildman–Crippen MR) is 117 cm³/mol. The second kappa shape index (κ2) is 10.7. The topological polar surface area (TPSA) is 73.8 Å². The summed E-state index contributed by atoms with van der Waals surface area (Å²) in [6, 6.07) is 2.39. The maximum atomic E-state index is 11.6. The van der Waals surface area contributed by atoms with Gasteiger partial charge in [0.05, 0.1) is 17.5 Å². The van der Waals surface area contributed by atoms with Crippen LogP contribution >= 0.6 is 35.3 Å². The summed E-state index contributed by atoms with van der Waals surface area (Å²) in [6.45, 7) is 7.02. The number of hydrogen-bond acceptors (Lipinski definition) is 5. The fourth-order valence-electron chi connectivity index (χ4n) is 3.08. The van der Waals surface area contributed by atoms with Crippen molar-refractivity contribution in [2.45, 2.75) is 32.4 Å². The van der Waals surface area contributed by atoms with E-state index >= 15 is 0 Å². The molecule has 144 valence electrons. The van der Waals surface area contributed by atoms with Crippen LogP contribution in [-0.2, 0) is 9.84 Å². The SMILES string of the molecule is CCN(CC)C(CNC(=NC)NC1CCS(=O)(=O)C1)c1ccsc1.I. The molecule has 0 aliphatic carbocycles. The van der Waals surface area contributed by atoms with Crippen molar-refractivity contribution < 1.29 is 8.42 Å². The van der Waals surface area contributed by atoms with E-state index in [1.165, 1.54) is 5.56 Å². The van der Waals surface area contributed by atoms with Crippen LogP contribution in [0.5, 0.6) is 0 Å². The second-order valence-electron chi connectivity index (χ2n) is 5.99. The van der Waals surface area contributed by atoms with Crippen molar-refractivity contribution in [2.75, 3.05) is 38.2 Å². The Hall–Kier alpha value is -0.390. The molecule has 1 saturated heterocycles. The van der Waals surface area contributed by atoms with Crippen LogP contribution < -0.4 is 10.6 Å². The molecule has 9 heteroatoms. The smallest absolute Gasteiger partial charge is 0.191 e. The van der Waals surface area contributed by atoms with E-state index in [1.54, 1.807) is 18.4 Å². The summed E-state index contributed by atoms with van der Waals surface area (Å²) in [4.78, 5) is 6.65. The van der Waals surface area contributed by atoms with Crippen LogP contribution in [0.2, 0.25) is 0 Å². The van der Waals surface area contributed by atoms with E-state index in [9.17, 15) is 8.42 Å². The van der Waals surface area contributed by atoms with E-state index in [1.807, 2.05) is 0 Å². The van der Waals surface area contributed by atoms with Crippen LogP contribution in [0.25, 0.3) is 0 Å². The van der Waals surface area contributed by atoms with E-state index in [2.05, 4.69) is 51.2 Å². The van der Waals surface area contributed by atoms with Crippen LogP contribution in [0, 0.1) is 0 Å². The third-order valence-corrected chi connectivity index (χ3v) is 6.91. The number of sulfone groups is 1. The van der Waals surface area contributed by atoms with Crippen LogP contribution in [0.15, 0.2) is 21.8 Å². The van der Waals surface area contributed by atoms with E-state index in [-0.39, 0.29) is 47.6 Å². The highest BCUT2D eigenvalue weighted by Crippen LogP contribution is 2.22. The average Bonchev–Trinajstić information content (AvgIpc) is 3.19. The van der Waals surface area contributed by atoms with Gasteiger partial charge in [0.2, 0.25) is 0 Å². The minimum absolute atomic E-state index is 0. The van der Waals surface area contributed by atoms with Crippen LogP contribution in [0.1, 0.15) is 31.9 Å². The van der Waals surface area contributed by atoms with Crippen molar-refractivity contribution in [3.05, 3.63) is 22.4 Å². The van der Waals surface area contributed by atoms with Gasteiger partial charge < -0.3 is 10.6 Å². The zero-order valence-corrected chi connectivity index (χ0v) is 19.0. The molecule has 1 fully saturated rings. The summed E-state index contributed by atoms with van der Waals surface area (Å²) >= 11 is 1.71. The predicted octanol–water partition coefficient (Wildman–Crippen LogP) is 2.10. The third-order valence-electron chi connectivity index (χ3n) is 4.44. The molecule has 1 aromatic rings. The molecule has 0 saturated carbocycles. The van der Waals surface area contributed by atoms with Gasteiger partial charge in [-0.3, -0.25) is 9.89 Å². The number of likely N-dealkylation sites (N-methyl/N-ethyl adjacent to an activating group) is 1.